The lowest BCUT2D eigenvalue weighted by atomic mass is 10.1. The van der Waals surface area contributed by atoms with Crippen LogP contribution >= 0.6 is 24.0 Å². The van der Waals surface area contributed by atoms with Crippen LogP contribution in [-0.2, 0) is 20.8 Å². The minimum absolute atomic E-state index is 0. The number of rotatable bonds is 4. The normalized spacial score (nSPS) is 25.6. The molecule has 3 heterocycles. The van der Waals surface area contributed by atoms with Crippen molar-refractivity contribution in [1.82, 2.24) is 10.2 Å². The maximum Gasteiger partial charge on any atom is 0.194 e. The first-order chi connectivity index (χ1) is 13.8. The van der Waals surface area contributed by atoms with E-state index in [1.54, 1.807) is 0 Å². The summed E-state index contributed by atoms with van der Waals surface area (Å²) in [7, 11) is 1.85. The number of hydrogen-bond acceptors (Lipinski definition) is 5. The van der Waals surface area contributed by atoms with Crippen LogP contribution in [0.2, 0.25) is 0 Å². The van der Waals surface area contributed by atoms with Crippen LogP contribution in [0.4, 0.5) is 5.69 Å². The topological polar surface area (TPSA) is 58.6 Å². The summed E-state index contributed by atoms with van der Waals surface area (Å²) in [5.74, 6) is 0.934. The summed E-state index contributed by atoms with van der Waals surface area (Å²) in [6.45, 7) is 7.59. The standard InChI is InChI=1S/C21H32N4O3.HI/c1-22-21(25-10-14-28-20(16-25)19-3-2-11-27-19)23-15-17-4-6-18(7-5-17)24-8-12-26-13-9-24;/h4-7,19-20H,2-3,8-16H2,1H3,(H,22,23);1H. The molecule has 0 aliphatic carbocycles. The van der Waals surface area contributed by atoms with Gasteiger partial charge in [-0.05, 0) is 30.5 Å². The summed E-state index contributed by atoms with van der Waals surface area (Å²) in [5, 5.41) is 3.51. The van der Waals surface area contributed by atoms with Gasteiger partial charge in [-0.15, -0.1) is 24.0 Å². The van der Waals surface area contributed by atoms with Gasteiger partial charge in [0, 0.05) is 52.1 Å². The molecular weight excluding hydrogens is 483 g/mol. The maximum atomic E-state index is 5.96. The second kappa shape index (κ2) is 11.3. The number of nitrogens with one attached hydrogen (secondary N) is 1. The van der Waals surface area contributed by atoms with Crippen molar-refractivity contribution >= 4 is 35.6 Å². The Morgan fingerprint density at radius 3 is 2.48 bits per heavy atom. The molecular formula is C21H33IN4O3. The Morgan fingerprint density at radius 2 is 1.79 bits per heavy atom. The van der Waals surface area contributed by atoms with Crippen molar-refractivity contribution in [2.24, 2.45) is 4.99 Å². The van der Waals surface area contributed by atoms with Gasteiger partial charge in [-0.1, -0.05) is 12.1 Å². The van der Waals surface area contributed by atoms with E-state index in [1.807, 2.05) is 7.05 Å². The number of anilines is 1. The van der Waals surface area contributed by atoms with Gasteiger partial charge in [0.1, 0.15) is 6.10 Å². The quantitative estimate of drug-likeness (QED) is 0.376. The van der Waals surface area contributed by atoms with Crippen LogP contribution in [0.5, 0.6) is 0 Å². The molecule has 0 radical (unpaired) electrons. The minimum atomic E-state index is 0. The molecule has 4 rings (SSSR count). The van der Waals surface area contributed by atoms with E-state index < -0.39 is 0 Å². The molecule has 0 amide bonds. The Hall–Kier alpha value is -1.10. The summed E-state index contributed by atoms with van der Waals surface area (Å²) in [6, 6.07) is 8.79. The van der Waals surface area contributed by atoms with Crippen LogP contribution in [0.15, 0.2) is 29.3 Å². The molecule has 0 spiro atoms. The summed E-state index contributed by atoms with van der Waals surface area (Å²) in [4.78, 5) is 9.16. The number of aliphatic imine (C=N–C) groups is 1. The van der Waals surface area contributed by atoms with E-state index in [0.29, 0.717) is 0 Å². The molecule has 2 atom stereocenters. The molecule has 3 fully saturated rings. The van der Waals surface area contributed by atoms with E-state index in [9.17, 15) is 0 Å². The van der Waals surface area contributed by atoms with Gasteiger partial charge in [0.25, 0.3) is 0 Å². The Balaban J connectivity index is 0.00000240. The summed E-state index contributed by atoms with van der Waals surface area (Å²) in [5.41, 5.74) is 2.52. The lowest BCUT2D eigenvalue weighted by Crippen LogP contribution is -2.53. The third-order valence-electron chi connectivity index (χ3n) is 5.75. The second-order valence-corrected chi connectivity index (χ2v) is 7.57. The molecule has 1 N–H and O–H groups in total. The first-order valence-corrected chi connectivity index (χ1v) is 10.4. The molecule has 29 heavy (non-hydrogen) atoms. The average Bonchev–Trinajstić information content (AvgIpc) is 3.31. The zero-order valence-corrected chi connectivity index (χ0v) is 19.5. The van der Waals surface area contributed by atoms with Gasteiger partial charge in [0.05, 0.1) is 25.9 Å². The van der Waals surface area contributed by atoms with Gasteiger partial charge in [-0.2, -0.15) is 0 Å². The van der Waals surface area contributed by atoms with Crippen molar-refractivity contribution in [3.05, 3.63) is 29.8 Å². The van der Waals surface area contributed by atoms with E-state index in [-0.39, 0.29) is 36.2 Å². The lowest BCUT2D eigenvalue weighted by Gasteiger charge is -2.37. The Bertz CT molecular complexity index is 646. The highest BCUT2D eigenvalue weighted by Gasteiger charge is 2.32. The molecule has 0 aromatic heterocycles. The minimum Gasteiger partial charge on any atom is -0.378 e. The summed E-state index contributed by atoms with van der Waals surface area (Å²) >= 11 is 0. The van der Waals surface area contributed by atoms with Crippen molar-refractivity contribution in [1.29, 1.82) is 0 Å². The highest BCUT2D eigenvalue weighted by atomic mass is 127. The number of halogens is 1. The smallest absolute Gasteiger partial charge is 0.194 e. The average molecular weight is 516 g/mol. The number of nitrogens with zero attached hydrogens (tertiary/aromatic N) is 3. The number of ether oxygens (including phenoxy) is 3. The molecule has 1 aromatic rings. The predicted molar refractivity (Wildman–Crippen MR) is 125 cm³/mol. The van der Waals surface area contributed by atoms with Gasteiger partial charge in [-0.3, -0.25) is 4.99 Å². The molecule has 162 valence electrons. The zero-order valence-electron chi connectivity index (χ0n) is 17.2. The Kier molecular flexibility index (Phi) is 8.83. The van der Waals surface area contributed by atoms with E-state index in [1.165, 1.54) is 11.3 Å². The molecule has 0 bridgehead atoms. The maximum absolute atomic E-state index is 5.96. The summed E-state index contributed by atoms with van der Waals surface area (Å²) < 4.78 is 17.2. The SMILES string of the molecule is CN=C(NCc1ccc(N2CCOCC2)cc1)N1CCOC(C2CCCO2)C1.I. The lowest BCUT2D eigenvalue weighted by molar-refractivity contribution is -0.0817. The number of guanidine groups is 1. The van der Waals surface area contributed by atoms with Gasteiger partial charge < -0.3 is 29.3 Å². The third-order valence-corrected chi connectivity index (χ3v) is 5.75. The molecule has 8 heteroatoms. The van der Waals surface area contributed by atoms with Crippen molar-refractivity contribution in [2.45, 2.75) is 31.6 Å². The van der Waals surface area contributed by atoms with E-state index >= 15 is 0 Å². The molecule has 1 aromatic carbocycles. The molecule has 3 aliphatic heterocycles. The fraction of sp³-hybridized carbons (Fsp3) is 0.667. The van der Waals surface area contributed by atoms with Crippen LogP contribution < -0.4 is 10.2 Å². The van der Waals surface area contributed by atoms with E-state index in [0.717, 1.165) is 78.0 Å². The number of benzene rings is 1. The second-order valence-electron chi connectivity index (χ2n) is 7.57. The number of morpholine rings is 2. The summed E-state index contributed by atoms with van der Waals surface area (Å²) in [6.07, 6.45) is 2.61. The zero-order chi connectivity index (χ0) is 19.2. The van der Waals surface area contributed by atoms with Crippen LogP contribution in [0.1, 0.15) is 18.4 Å². The van der Waals surface area contributed by atoms with Crippen LogP contribution in [0.25, 0.3) is 0 Å². The molecule has 3 aliphatic rings. The highest BCUT2D eigenvalue weighted by Crippen LogP contribution is 2.21. The Labute approximate surface area is 190 Å². The van der Waals surface area contributed by atoms with E-state index in [4.69, 9.17) is 14.2 Å². The predicted octanol–water partition coefficient (Wildman–Crippen LogP) is 2.10. The fourth-order valence-corrected chi connectivity index (χ4v) is 4.15. The molecule has 2 unspecified atom stereocenters. The number of hydrogen-bond donors (Lipinski definition) is 1. The third kappa shape index (κ3) is 5.96. The van der Waals surface area contributed by atoms with Crippen LogP contribution in [-0.4, -0.2) is 82.7 Å². The van der Waals surface area contributed by atoms with Crippen molar-refractivity contribution in [3.63, 3.8) is 0 Å². The van der Waals surface area contributed by atoms with Crippen molar-refractivity contribution in [3.8, 4) is 0 Å². The van der Waals surface area contributed by atoms with Gasteiger partial charge in [-0.25, -0.2) is 0 Å². The van der Waals surface area contributed by atoms with Crippen LogP contribution in [0, 0.1) is 0 Å². The first-order valence-electron chi connectivity index (χ1n) is 10.4. The largest absolute Gasteiger partial charge is 0.378 e. The van der Waals surface area contributed by atoms with Gasteiger partial charge >= 0.3 is 0 Å². The first kappa shape index (κ1) is 22.6. The van der Waals surface area contributed by atoms with Gasteiger partial charge in [0.15, 0.2) is 5.96 Å². The van der Waals surface area contributed by atoms with Crippen LogP contribution in [0.3, 0.4) is 0 Å². The van der Waals surface area contributed by atoms with Crippen molar-refractivity contribution in [2.75, 3.05) is 64.6 Å². The van der Waals surface area contributed by atoms with Crippen molar-refractivity contribution < 1.29 is 14.2 Å². The Morgan fingerprint density at radius 1 is 1.03 bits per heavy atom. The monoisotopic (exact) mass is 516 g/mol. The van der Waals surface area contributed by atoms with E-state index in [2.05, 4.69) is 44.4 Å². The van der Waals surface area contributed by atoms with Gasteiger partial charge in [0.2, 0.25) is 0 Å². The fourth-order valence-electron chi connectivity index (χ4n) is 4.15. The molecule has 7 nitrogen and oxygen atoms in total. The highest BCUT2D eigenvalue weighted by molar-refractivity contribution is 14.0. The molecule has 0 saturated carbocycles. The molecule has 3 saturated heterocycles.